The van der Waals surface area contributed by atoms with Gasteiger partial charge >= 0.3 is 0 Å². The van der Waals surface area contributed by atoms with Gasteiger partial charge in [0, 0.05) is 28.7 Å². The van der Waals surface area contributed by atoms with Gasteiger partial charge in [-0.2, -0.15) is 0 Å². The van der Waals surface area contributed by atoms with Crippen LogP contribution in [0.25, 0.3) is 0 Å². The van der Waals surface area contributed by atoms with Crippen LogP contribution >= 0.6 is 11.3 Å². The third kappa shape index (κ3) is 4.80. The fraction of sp³-hybridized carbons (Fsp3) is 0.100. The van der Waals surface area contributed by atoms with Crippen molar-refractivity contribution in [3.63, 3.8) is 0 Å². The van der Waals surface area contributed by atoms with Crippen molar-refractivity contribution >= 4 is 22.9 Å². The summed E-state index contributed by atoms with van der Waals surface area (Å²) in [5.74, 6) is 6.09. The molecule has 2 aromatic heterocycles. The molecule has 0 atom stereocenters. The second kappa shape index (κ2) is 8.09. The third-order valence-corrected chi connectivity index (χ3v) is 4.26. The van der Waals surface area contributed by atoms with E-state index in [1.165, 1.54) is 4.88 Å². The number of carbonyl (C=O) groups excluding carboxylic acids is 1. The zero-order valence-electron chi connectivity index (χ0n) is 13.0. The first-order valence-electron chi connectivity index (χ1n) is 7.65. The Bertz CT molecular complexity index is 861. The summed E-state index contributed by atoms with van der Waals surface area (Å²) in [7, 11) is 0. The Morgan fingerprint density at radius 3 is 2.83 bits per heavy atom. The summed E-state index contributed by atoms with van der Waals surface area (Å²) in [6.07, 6.45) is 2.96. The molecule has 0 aliphatic rings. The predicted molar refractivity (Wildman–Crippen MR) is 97.9 cm³/mol. The second-order valence-electron chi connectivity index (χ2n) is 5.17. The normalized spacial score (nSPS) is 9.83. The number of hydrogen-bond acceptors (Lipinski definition) is 3. The van der Waals surface area contributed by atoms with Crippen LogP contribution in [-0.4, -0.2) is 10.9 Å². The molecule has 0 bridgehead atoms. The highest BCUT2D eigenvalue weighted by molar-refractivity contribution is 7.09. The molecule has 0 fully saturated rings. The van der Waals surface area contributed by atoms with Crippen LogP contribution in [0, 0.1) is 11.8 Å². The largest absolute Gasteiger partial charge is 0.326 e. The average molecular weight is 332 g/mol. The molecule has 2 heterocycles. The predicted octanol–water partition coefficient (Wildman–Crippen LogP) is 4.11. The zero-order chi connectivity index (χ0) is 16.6. The van der Waals surface area contributed by atoms with Gasteiger partial charge in [-0.1, -0.05) is 24.1 Å². The molecule has 0 aliphatic carbocycles. The van der Waals surface area contributed by atoms with Crippen LogP contribution in [-0.2, 0) is 11.2 Å². The van der Waals surface area contributed by atoms with Crippen LogP contribution in [0.5, 0.6) is 0 Å². The van der Waals surface area contributed by atoms with Gasteiger partial charge in [-0.25, -0.2) is 4.98 Å². The molecular weight excluding hydrogens is 316 g/mol. The van der Waals surface area contributed by atoms with Crippen molar-refractivity contribution in [2.45, 2.75) is 12.8 Å². The van der Waals surface area contributed by atoms with Gasteiger partial charge in [-0.3, -0.25) is 4.79 Å². The van der Waals surface area contributed by atoms with E-state index in [0.29, 0.717) is 6.42 Å². The number of anilines is 1. The quantitative estimate of drug-likeness (QED) is 0.731. The lowest BCUT2D eigenvalue weighted by Gasteiger charge is -2.05. The summed E-state index contributed by atoms with van der Waals surface area (Å²) in [5.41, 5.74) is 2.33. The number of rotatable bonds is 4. The lowest BCUT2D eigenvalue weighted by Crippen LogP contribution is -2.12. The van der Waals surface area contributed by atoms with E-state index in [1.54, 1.807) is 17.5 Å². The van der Waals surface area contributed by atoms with Crippen molar-refractivity contribution in [2.24, 2.45) is 0 Å². The van der Waals surface area contributed by atoms with Crippen LogP contribution in [0.15, 0.2) is 66.2 Å². The van der Waals surface area contributed by atoms with E-state index in [0.717, 1.165) is 23.4 Å². The van der Waals surface area contributed by atoms with Gasteiger partial charge in [-0.15, -0.1) is 11.3 Å². The fourth-order valence-electron chi connectivity index (χ4n) is 2.16. The number of hydrogen-bond donors (Lipinski definition) is 1. The highest BCUT2D eigenvalue weighted by Gasteiger charge is 2.04. The van der Waals surface area contributed by atoms with Crippen molar-refractivity contribution < 1.29 is 4.79 Å². The number of thiophene rings is 1. The number of carbonyl (C=O) groups is 1. The van der Waals surface area contributed by atoms with Gasteiger partial charge in [0.2, 0.25) is 5.91 Å². The highest BCUT2D eigenvalue weighted by Crippen LogP contribution is 2.13. The number of aryl methyl sites for hydroxylation is 1. The minimum absolute atomic E-state index is 0.0123. The first-order valence-corrected chi connectivity index (χ1v) is 8.53. The molecule has 1 amide bonds. The minimum atomic E-state index is 0.0123. The van der Waals surface area contributed by atoms with Crippen LogP contribution in [0.4, 0.5) is 5.69 Å². The van der Waals surface area contributed by atoms with Crippen molar-refractivity contribution in [3.05, 3.63) is 82.3 Å². The molecule has 3 nitrogen and oxygen atoms in total. The Morgan fingerprint density at radius 1 is 1.08 bits per heavy atom. The maximum atomic E-state index is 12.0. The molecule has 24 heavy (non-hydrogen) atoms. The number of pyridine rings is 1. The smallest absolute Gasteiger partial charge is 0.224 e. The zero-order valence-corrected chi connectivity index (χ0v) is 13.8. The van der Waals surface area contributed by atoms with Crippen molar-refractivity contribution in [2.75, 3.05) is 5.32 Å². The van der Waals surface area contributed by atoms with Crippen molar-refractivity contribution in [3.8, 4) is 11.8 Å². The molecule has 4 heteroatoms. The molecule has 0 unspecified atom stereocenters. The molecule has 0 spiro atoms. The molecule has 0 saturated carbocycles. The van der Waals surface area contributed by atoms with Gasteiger partial charge in [0.05, 0.1) is 0 Å². The third-order valence-electron chi connectivity index (χ3n) is 3.32. The fourth-order valence-corrected chi connectivity index (χ4v) is 2.87. The van der Waals surface area contributed by atoms with E-state index in [4.69, 9.17) is 0 Å². The summed E-state index contributed by atoms with van der Waals surface area (Å²) in [6.45, 7) is 0. The molecule has 0 saturated heterocycles. The van der Waals surface area contributed by atoms with Crippen LogP contribution < -0.4 is 5.32 Å². The maximum Gasteiger partial charge on any atom is 0.224 e. The van der Waals surface area contributed by atoms with E-state index in [2.05, 4.69) is 22.1 Å². The van der Waals surface area contributed by atoms with Crippen LogP contribution in [0.2, 0.25) is 0 Å². The van der Waals surface area contributed by atoms with Gasteiger partial charge in [0.15, 0.2) is 0 Å². The Balaban J connectivity index is 1.61. The first-order chi connectivity index (χ1) is 11.8. The van der Waals surface area contributed by atoms with E-state index in [9.17, 15) is 4.79 Å². The van der Waals surface area contributed by atoms with Gasteiger partial charge in [-0.05, 0) is 54.1 Å². The number of nitrogens with zero attached hydrogens (tertiary/aromatic N) is 1. The van der Waals surface area contributed by atoms with Crippen LogP contribution in [0.1, 0.15) is 22.6 Å². The van der Waals surface area contributed by atoms with Crippen molar-refractivity contribution in [1.29, 1.82) is 0 Å². The Morgan fingerprint density at radius 2 is 2.04 bits per heavy atom. The maximum absolute atomic E-state index is 12.0. The van der Waals surface area contributed by atoms with Gasteiger partial charge in [0.1, 0.15) is 5.69 Å². The summed E-state index contributed by atoms with van der Waals surface area (Å²) >= 11 is 1.67. The summed E-state index contributed by atoms with van der Waals surface area (Å²) in [5, 5.41) is 4.95. The monoisotopic (exact) mass is 332 g/mol. The standard InChI is InChI=1S/C20H16N2OS/c23-20(12-11-19-8-4-14-24-19)22-18-7-3-5-16(15-18)9-10-17-6-1-2-13-21-17/h1-8,13-15H,11-12H2,(H,22,23). The molecule has 1 aromatic carbocycles. The molecule has 1 N–H and O–H groups in total. The Kier molecular flexibility index (Phi) is 5.39. The molecule has 0 radical (unpaired) electrons. The highest BCUT2D eigenvalue weighted by atomic mass is 32.1. The van der Waals surface area contributed by atoms with Gasteiger partial charge in [0.25, 0.3) is 0 Å². The van der Waals surface area contributed by atoms with Crippen molar-refractivity contribution in [1.82, 2.24) is 4.98 Å². The second-order valence-corrected chi connectivity index (χ2v) is 6.21. The van der Waals surface area contributed by atoms with E-state index >= 15 is 0 Å². The number of aromatic nitrogens is 1. The average Bonchev–Trinajstić information content (AvgIpc) is 3.13. The van der Waals surface area contributed by atoms with Gasteiger partial charge < -0.3 is 5.32 Å². The number of nitrogens with one attached hydrogen (secondary N) is 1. The first kappa shape index (κ1) is 16.0. The minimum Gasteiger partial charge on any atom is -0.326 e. The lowest BCUT2D eigenvalue weighted by molar-refractivity contribution is -0.116. The lowest BCUT2D eigenvalue weighted by atomic mass is 10.2. The van der Waals surface area contributed by atoms with E-state index in [-0.39, 0.29) is 5.91 Å². The summed E-state index contributed by atoms with van der Waals surface area (Å²) in [6, 6.07) is 17.2. The SMILES string of the molecule is O=C(CCc1cccs1)Nc1cccc(C#Cc2ccccn2)c1. The molecular formula is C20H16N2OS. The van der Waals surface area contributed by atoms with E-state index < -0.39 is 0 Å². The molecule has 0 aliphatic heterocycles. The molecule has 3 aromatic rings. The Hall–Kier alpha value is -2.90. The summed E-state index contributed by atoms with van der Waals surface area (Å²) < 4.78 is 0. The molecule has 118 valence electrons. The number of amides is 1. The topological polar surface area (TPSA) is 42.0 Å². The van der Waals surface area contributed by atoms with E-state index in [1.807, 2.05) is 60.0 Å². The summed E-state index contributed by atoms with van der Waals surface area (Å²) in [4.78, 5) is 17.4. The number of benzene rings is 1. The molecule has 3 rings (SSSR count). The van der Waals surface area contributed by atoms with Crippen LogP contribution in [0.3, 0.4) is 0 Å². The Labute approximate surface area is 145 Å².